The second kappa shape index (κ2) is 7.26. The second-order valence-corrected chi connectivity index (χ2v) is 8.36. The maximum Gasteiger partial charge on any atom is 0.128 e. The Bertz CT molecular complexity index is 685. The molecule has 0 aromatic heterocycles. The molecular formula is C21H24F2S. The standard InChI is InChI=1S/C21H24F2S/c1-3-16-4-7-18(8-5-16)24-21(12-10-15(2)11-13-21)19-14-17(22)6-9-20(19)23/h4-9,14-15H,3,10-13H2,1-2H3. The number of hydrogen-bond donors (Lipinski definition) is 0. The lowest BCUT2D eigenvalue weighted by Gasteiger charge is -2.39. The van der Waals surface area contributed by atoms with E-state index in [1.165, 1.54) is 23.8 Å². The summed E-state index contributed by atoms with van der Waals surface area (Å²) in [5.74, 6) is 0.00720. The Morgan fingerprint density at radius 3 is 2.33 bits per heavy atom. The van der Waals surface area contributed by atoms with Crippen LogP contribution in [0.5, 0.6) is 0 Å². The first-order valence-corrected chi connectivity index (χ1v) is 9.57. The summed E-state index contributed by atoms with van der Waals surface area (Å²) in [7, 11) is 0. The van der Waals surface area contributed by atoms with Crippen LogP contribution in [0.15, 0.2) is 47.4 Å². The lowest BCUT2D eigenvalue weighted by molar-refractivity contribution is 0.316. The van der Waals surface area contributed by atoms with Crippen molar-refractivity contribution in [1.29, 1.82) is 0 Å². The molecule has 0 aliphatic heterocycles. The van der Waals surface area contributed by atoms with Gasteiger partial charge in [0, 0.05) is 15.2 Å². The van der Waals surface area contributed by atoms with Crippen LogP contribution in [-0.4, -0.2) is 0 Å². The number of hydrogen-bond acceptors (Lipinski definition) is 1. The predicted molar refractivity (Wildman–Crippen MR) is 97.3 cm³/mol. The highest BCUT2D eigenvalue weighted by Crippen LogP contribution is 2.53. The van der Waals surface area contributed by atoms with Gasteiger partial charge in [0.25, 0.3) is 0 Å². The Morgan fingerprint density at radius 1 is 1.04 bits per heavy atom. The van der Waals surface area contributed by atoms with Gasteiger partial charge in [0.1, 0.15) is 11.6 Å². The fourth-order valence-electron chi connectivity index (χ4n) is 3.52. The normalized spacial score (nSPS) is 24.1. The summed E-state index contributed by atoms with van der Waals surface area (Å²) in [5, 5.41) is 0. The van der Waals surface area contributed by atoms with Crippen LogP contribution >= 0.6 is 11.8 Å². The summed E-state index contributed by atoms with van der Waals surface area (Å²) in [6.07, 6.45) is 4.88. The van der Waals surface area contributed by atoms with Gasteiger partial charge in [-0.1, -0.05) is 26.0 Å². The minimum absolute atomic E-state index is 0.288. The summed E-state index contributed by atoms with van der Waals surface area (Å²) < 4.78 is 28.0. The molecule has 0 nitrogen and oxygen atoms in total. The second-order valence-electron chi connectivity index (χ2n) is 6.90. The molecule has 3 rings (SSSR count). The molecule has 0 saturated heterocycles. The van der Waals surface area contributed by atoms with Gasteiger partial charge in [0.15, 0.2) is 0 Å². The highest BCUT2D eigenvalue weighted by atomic mass is 32.2. The van der Waals surface area contributed by atoms with Gasteiger partial charge in [-0.2, -0.15) is 0 Å². The number of benzene rings is 2. The number of aryl methyl sites for hydroxylation is 1. The molecule has 1 aliphatic rings. The maximum atomic E-state index is 14.5. The zero-order chi connectivity index (χ0) is 17.2. The Balaban J connectivity index is 1.97. The van der Waals surface area contributed by atoms with Crippen molar-refractivity contribution in [2.24, 2.45) is 5.92 Å². The summed E-state index contributed by atoms with van der Waals surface area (Å²) in [4.78, 5) is 1.13. The van der Waals surface area contributed by atoms with E-state index in [1.807, 2.05) is 0 Å². The smallest absolute Gasteiger partial charge is 0.128 e. The van der Waals surface area contributed by atoms with E-state index in [0.29, 0.717) is 11.5 Å². The third kappa shape index (κ3) is 3.66. The van der Waals surface area contributed by atoms with Crippen molar-refractivity contribution in [3.63, 3.8) is 0 Å². The lowest BCUT2D eigenvalue weighted by atomic mass is 9.78. The molecule has 0 heterocycles. The quantitative estimate of drug-likeness (QED) is 0.592. The van der Waals surface area contributed by atoms with E-state index in [1.54, 1.807) is 11.8 Å². The summed E-state index contributed by atoms with van der Waals surface area (Å²) >= 11 is 1.70. The number of rotatable bonds is 4. The van der Waals surface area contributed by atoms with E-state index >= 15 is 0 Å². The minimum Gasteiger partial charge on any atom is -0.207 e. The van der Waals surface area contributed by atoms with Crippen LogP contribution in [-0.2, 0) is 11.2 Å². The van der Waals surface area contributed by atoms with Gasteiger partial charge in [0.05, 0.1) is 0 Å². The third-order valence-electron chi connectivity index (χ3n) is 5.15. The van der Waals surface area contributed by atoms with Gasteiger partial charge in [-0.05, 0) is 73.9 Å². The highest BCUT2D eigenvalue weighted by Gasteiger charge is 2.39. The van der Waals surface area contributed by atoms with Crippen LogP contribution in [0.25, 0.3) is 0 Å². The molecular weight excluding hydrogens is 322 g/mol. The number of thioether (sulfide) groups is 1. The maximum absolute atomic E-state index is 14.5. The summed E-state index contributed by atoms with van der Waals surface area (Å²) in [6.45, 7) is 4.38. The van der Waals surface area contributed by atoms with E-state index in [0.717, 1.165) is 37.0 Å². The highest BCUT2D eigenvalue weighted by molar-refractivity contribution is 8.00. The van der Waals surface area contributed by atoms with E-state index in [9.17, 15) is 8.78 Å². The zero-order valence-corrected chi connectivity index (χ0v) is 15.1. The Hall–Kier alpha value is -1.35. The third-order valence-corrected chi connectivity index (χ3v) is 6.67. The van der Waals surface area contributed by atoms with E-state index in [2.05, 4.69) is 38.1 Å². The van der Waals surface area contributed by atoms with Crippen LogP contribution in [0.1, 0.15) is 50.7 Å². The molecule has 0 spiro atoms. The first-order chi connectivity index (χ1) is 11.5. The minimum atomic E-state index is -0.369. The molecule has 0 atom stereocenters. The molecule has 3 heteroatoms. The Labute approximate surface area is 147 Å². The van der Waals surface area contributed by atoms with Crippen LogP contribution < -0.4 is 0 Å². The summed E-state index contributed by atoms with van der Waals surface area (Å²) in [5.41, 5.74) is 1.82. The van der Waals surface area contributed by atoms with Crippen molar-refractivity contribution in [3.8, 4) is 0 Å². The molecule has 128 valence electrons. The van der Waals surface area contributed by atoms with E-state index < -0.39 is 0 Å². The average molecular weight is 346 g/mol. The number of halogens is 2. The summed E-state index contributed by atoms with van der Waals surface area (Å²) in [6, 6.07) is 12.4. The topological polar surface area (TPSA) is 0 Å². The van der Waals surface area contributed by atoms with Crippen molar-refractivity contribution >= 4 is 11.8 Å². The van der Waals surface area contributed by atoms with Gasteiger partial charge >= 0.3 is 0 Å². The lowest BCUT2D eigenvalue weighted by Crippen LogP contribution is -2.29. The first kappa shape index (κ1) is 17.5. The van der Waals surface area contributed by atoms with Crippen molar-refractivity contribution in [2.75, 3.05) is 0 Å². The van der Waals surface area contributed by atoms with Crippen molar-refractivity contribution < 1.29 is 8.78 Å². The molecule has 24 heavy (non-hydrogen) atoms. The first-order valence-electron chi connectivity index (χ1n) is 8.76. The Kier molecular flexibility index (Phi) is 5.29. The van der Waals surface area contributed by atoms with Gasteiger partial charge in [0.2, 0.25) is 0 Å². The Morgan fingerprint density at radius 2 is 1.71 bits per heavy atom. The van der Waals surface area contributed by atoms with Crippen LogP contribution in [0.3, 0.4) is 0 Å². The van der Waals surface area contributed by atoms with Gasteiger partial charge in [-0.15, -0.1) is 11.8 Å². The fourth-order valence-corrected chi connectivity index (χ4v) is 4.95. The monoisotopic (exact) mass is 346 g/mol. The molecule has 1 aliphatic carbocycles. The molecule has 0 N–H and O–H groups in total. The molecule has 1 fully saturated rings. The molecule has 0 bridgehead atoms. The van der Waals surface area contributed by atoms with Crippen molar-refractivity contribution in [3.05, 3.63) is 65.2 Å². The molecule has 0 radical (unpaired) electrons. The average Bonchev–Trinajstić information content (AvgIpc) is 2.60. The van der Waals surface area contributed by atoms with E-state index in [4.69, 9.17) is 0 Å². The molecule has 2 aromatic carbocycles. The predicted octanol–water partition coefficient (Wildman–Crippen LogP) is 6.72. The fraction of sp³-hybridized carbons (Fsp3) is 0.429. The SMILES string of the molecule is CCc1ccc(SC2(c3cc(F)ccc3F)CCC(C)CC2)cc1. The van der Waals surface area contributed by atoms with E-state index in [-0.39, 0.29) is 16.4 Å². The van der Waals surface area contributed by atoms with Gasteiger partial charge in [-0.25, -0.2) is 8.78 Å². The molecule has 0 amide bonds. The van der Waals surface area contributed by atoms with Crippen LogP contribution in [0.2, 0.25) is 0 Å². The van der Waals surface area contributed by atoms with Gasteiger partial charge in [-0.3, -0.25) is 0 Å². The van der Waals surface area contributed by atoms with Crippen LogP contribution in [0.4, 0.5) is 8.78 Å². The molecule has 0 unspecified atom stereocenters. The van der Waals surface area contributed by atoms with Crippen LogP contribution in [0, 0.1) is 17.6 Å². The van der Waals surface area contributed by atoms with Gasteiger partial charge < -0.3 is 0 Å². The van der Waals surface area contributed by atoms with Crippen molar-refractivity contribution in [2.45, 2.75) is 55.6 Å². The molecule has 2 aromatic rings. The molecule has 1 saturated carbocycles. The zero-order valence-electron chi connectivity index (χ0n) is 14.3. The largest absolute Gasteiger partial charge is 0.207 e. The van der Waals surface area contributed by atoms with Crippen molar-refractivity contribution in [1.82, 2.24) is 0 Å².